The number of nitro benzene ring substituents is 1. The highest BCUT2D eigenvalue weighted by Gasteiger charge is 2.22. The molecule has 1 saturated heterocycles. The van der Waals surface area contributed by atoms with Crippen molar-refractivity contribution in [2.45, 2.75) is 25.8 Å². The molecule has 1 unspecified atom stereocenters. The van der Waals surface area contributed by atoms with Gasteiger partial charge in [-0.2, -0.15) is 0 Å². The van der Waals surface area contributed by atoms with Crippen molar-refractivity contribution >= 4 is 34.0 Å². The van der Waals surface area contributed by atoms with Crippen LogP contribution in [-0.4, -0.2) is 30.6 Å². The predicted octanol–water partition coefficient (Wildman–Crippen LogP) is 2.78. The van der Waals surface area contributed by atoms with Gasteiger partial charge in [0.15, 0.2) is 0 Å². The van der Waals surface area contributed by atoms with Crippen LogP contribution in [0.15, 0.2) is 18.2 Å². The highest BCUT2D eigenvalue weighted by Crippen LogP contribution is 2.29. The van der Waals surface area contributed by atoms with E-state index in [2.05, 4.69) is 39.7 Å². The van der Waals surface area contributed by atoms with E-state index in [0.29, 0.717) is 6.04 Å². The van der Waals surface area contributed by atoms with Crippen molar-refractivity contribution in [2.24, 2.45) is 0 Å². The molecule has 1 aliphatic heterocycles. The van der Waals surface area contributed by atoms with Crippen molar-refractivity contribution in [1.29, 1.82) is 0 Å². The third-order valence-electron chi connectivity index (χ3n) is 3.50. The summed E-state index contributed by atoms with van der Waals surface area (Å²) in [5.41, 5.74) is 1.26. The van der Waals surface area contributed by atoms with Crippen LogP contribution < -0.4 is 10.2 Å². The van der Waals surface area contributed by atoms with Gasteiger partial charge in [0, 0.05) is 34.8 Å². The Labute approximate surface area is 126 Å². The number of benzene rings is 1. The van der Waals surface area contributed by atoms with E-state index >= 15 is 0 Å². The smallest absolute Gasteiger partial charge is 0.270 e. The molecule has 104 valence electrons. The summed E-state index contributed by atoms with van der Waals surface area (Å²) in [6.45, 7) is 5.12. The number of piperidine rings is 1. The SMILES string of the molecule is CCN(c1ccc([N+](=O)[O-])cc1I)C1CCCNC1. The Morgan fingerprint density at radius 2 is 2.37 bits per heavy atom. The summed E-state index contributed by atoms with van der Waals surface area (Å²) in [6.07, 6.45) is 2.36. The van der Waals surface area contributed by atoms with Crippen LogP contribution in [0.4, 0.5) is 11.4 Å². The van der Waals surface area contributed by atoms with Crippen molar-refractivity contribution in [3.63, 3.8) is 0 Å². The molecule has 5 nitrogen and oxygen atoms in total. The van der Waals surface area contributed by atoms with Gasteiger partial charge in [0.2, 0.25) is 0 Å². The van der Waals surface area contributed by atoms with E-state index in [1.54, 1.807) is 12.1 Å². The van der Waals surface area contributed by atoms with E-state index < -0.39 is 0 Å². The van der Waals surface area contributed by atoms with Gasteiger partial charge in [-0.3, -0.25) is 10.1 Å². The lowest BCUT2D eigenvalue weighted by molar-refractivity contribution is -0.384. The Bertz CT molecular complexity index is 461. The maximum Gasteiger partial charge on any atom is 0.270 e. The van der Waals surface area contributed by atoms with Crippen LogP contribution in [0.3, 0.4) is 0 Å². The summed E-state index contributed by atoms with van der Waals surface area (Å²) in [7, 11) is 0. The minimum Gasteiger partial charge on any atom is -0.367 e. The van der Waals surface area contributed by atoms with Crippen molar-refractivity contribution in [1.82, 2.24) is 5.32 Å². The molecule has 1 atom stereocenters. The number of hydrogen-bond donors (Lipinski definition) is 1. The highest BCUT2D eigenvalue weighted by atomic mass is 127. The minimum absolute atomic E-state index is 0.158. The summed E-state index contributed by atoms with van der Waals surface area (Å²) >= 11 is 2.19. The number of halogens is 1. The zero-order chi connectivity index (χ0) is 13.8. The number of nitrogens with zero attached hydrogens (tertiary/aromatic N) is 2. The van der Waals surface area contributed by atoms with E-state index in [1.807, 2.05) is 6.07 Å². The minimum atomic E-state index is -0.343. The summed E-state index contributed by atoms with van der Waals surface area (Å²) < 4.78 is 0.944. The monoisotopic (exact) mass is 375 g/mol. The van der Waals surface area contributed by atoms with Gasteiger partial charge < -0.3 is 10.2 Å². The molecule has 1 aromatic rings. The zero-order valence-corrected chi connectivity index (χ0v) is 13.1. The summed E-state index contributed by atoms with van der Waals surface area (Å²) in [5.74, 6) is 0. The Kier molecular flexibility index (Phi) is 4.98. The number of anilines is 1. The molecule has 1 N–H and O–H groups in total. The second kappa shape index (κ2) is 6.51. The average molecular weight is 375 g/mol. The number of hydrogen-bond acceptors (Lipinski definition) is 4. The Hall–Kier alpha value is -0.890. The van der Waals surface area contributed by atoms with E-state index in [-0.39, 0.29) is 10.6 Å². The van der Waals surface area contributed by atoms with E-state index in [1.165, 1.54) is 12.8 Å². The van der Waals surface area contributed by atoms with Gasteiger partial charge in [-0.25, -0.2) is 0 Å². The first-order valence-electron chi connectivity index (χ1n) is 6.54. The molecule has 1 aromatic carbocycles. The maximum absolute atomic E-state index is 10.8. The van der Waals surface area contributed by atoms with Crippen molar-refractivity contribution in [3.05, 3.63) is 31.9 Å². The summed E-state index contributed by atoms with van der Waals surface area (Å²) in [4.78, 5) is 12.8. The van der Waals surface area contributed by atoms with Crippen LogP contribution in [0.2, 0.25) is 0 Å². The number of non-ortho nitro benzene ring substituents is 1. The average Bonchev–Trinajstić information content (AvgIpc) is 2.42. The first kappa shape index (κ1) is 14.5. The number of nitrogens with one attached hydrogen (secondary N) is 1. The molecule has 0 saturated carbocycles. The molecule has 1 heterocycles. The lowest BCUT2D eigenvalue weighted by Gasteiger charge is -2.36. The largest absolute Gasteiger partial charge is 0.367 e. The fraction of sp³-hybridized carbons (Fsp3) is 0.538. The molecular weight excluding hydrogens is 357 g/mol. The molecule has 2 rings (SSSR count). The van der Waals surface area contributed by atoms with Crippen LogP contribution in [0.1, 0.15) is 19.8 Å². The van der Waals surface area contributed by atoms with Gasteiger partial charge in [0.1, 0.15) is 0 Å². The Morgan fingerprint density at radius 3 is 2.89 bits per heavy atom. The molecule has 6 heteroatoms. The van der Waals surface area contributed by atoms with Gasteiger partial charge in [-0.15, -0.1) is 0 Å². The molecule has 0 aliphatic carbocycles. The standard InChI is InChI=1S/C13H18IN3O2/c1-2-16(11-4-3-7-15-9-11)13-6-5-10(17(18)19)8-12(13)14/h5-6,8,11,15H,2-4,7,9H2,1H3. The molecule has 1 aliphatic rings. The third kappa shape index (κ3) is 3.36. The number of likely N-dealkylation sites (N-methyl/N-ethyl adjacent to an activating group) is 1. The van der Waals surface area contributed by atoms with Gasteiger partial charge in [0.25, 0.3) is 5.69 Å². The van der Waals surface area contributed by atoms with Gasteiger partial charge >= 0.3 is 0 Å². The van der Waals surface area contributed by atoms with Crippen LogP contribution in [-0.2, 0) is 0 Å². The van der Waals surface area contributed by atoms with Gasteiger partial charge in [-0.1, -0.05) is 0 Å². The maximum atomic E-state index is 10.8. The molecule has 0 spiro atoms. The van der Waals surface area contributed by atoms with Crippen molar-refractivity contribution < 1.29 is 4.92 Å². The van der Waals surface area contributed by atoms with E-state index in [4.69, 9.17) is 0 Å². The fourth-order valence-corrected chi connectivity index (χ4v) is 3.38. The number of rotatable bonds is 4. The van der Waals surface area contributed by atoms with Crippen LogP contribution in [0.5, 0.6) is 0 Å². The first-order valence-corrected chi connectivity index (χ1v) is 7.62. The lowest BCUT2D eigenvalue weighted by atomic mass is 10.0. The van der Waals surface area contributed by atoms with Gasteiger partial charge in [0.05, 0.1) is 10.6 Å². The van der Waals surface area contributed by atoms with Crippen molar-refractivity contribution in [2.75, 3.05) is 24.5 Å². The topological polar surface area (TPSA) is 58.4 Å². The molecule has 0 bridgehead atoms. The second-order valence-corrected chi connectivity index (χ2v) is 5.84. The fourth-order valence-electron chi connectivity index (χ4n) is 2.57. The van der Waals surface area contributed by atoms with E-state index in [0.717, 1.165) is 28.9 Å². The van der Waals surface area contributed by atoms with Crippen LogP contribution in [0.25, 0.3) is 0 Å². The summed E-state index contributed by atoms with van der Waals surface area (Å²) in [6, 6.07) is 5.59. The lowest BCUT2D eigenvalue weighted by Crippen LogP contribution is -2.46. The number of nitro groups is 1. The zero-order valence-electron chi connectivity index (χ0n) is 10.9. The van der Waals surface area contributed by atoms with Crippen LogP contribution >= 0.6 is 22.6 Å². The molecule has 0 radical (unpaired) electrons. The second-order valence-electron chi connectivity index (χ2n) is 4.68. The summed E-state index contributed by atoms with van der Waals surface area (Å²) in [5, 5.41) is 14.2. The quantitative estimate of drug-likeness (QED) is 0.500. The molecule has 0 amide bonds. The van der Waals surface area contributed by atoms with Crippen LogP contribution in [0, 0.1) is 13.7 Å². The van der Waals surface area contributed by atoms with E-state index in [9.17, 15) is 10.1 Å². The molecule has 19 heavy (non-hydrogen) atoms. The van der Waals surface area contributed by atoms with Gasteiger partial charge in [-0.05, 0) is 55.0 Å². The normalized spacial score (nSPS) is 19.2. The predicted molar refractivity (Wildman–Crippen MR) is 84.7 cm³/mol. The molecule has 1 fully saturated rings. The molecule has 0 aromatic heterocycles. The highest BCUT2D eigenvalue weighted by molar-refractivity contribution is 14.1. The third-order valence-corrected chi connectivity index (χ3v) is 4.37. The Balaban J connectivity index is 2.24. The first-order chi connectivity index (χ1) is 9.13. The van der Waals surface area contributed by atoms with Crippen molar-refractivity contribution in [3.8, 4) is 0 Å². The molecular formula is C13H18IN3O2. The Morgan fingerprint density at radius 1 is 1.58 bits per heavy atom.